The molecule has 2 aromatic rings. The molecule has 0 bridgehead atoms. The summed E-state index contributed by atoms with van der Waals surface area (Å²) < 4.78 is 56.0. The molecule has 0 saturated heterocycles. The number of hydrogen-bond donors (Lipinski definition) is 1. The smallest absolute Gasteiger partial charge is 0.417 e. The zero-order valence-electron chi connectivity index (χ0n) is 17.2. The molecule has 8 heteroatoms. The third kappa shape index (κ3) is 3.63. The lowest BCUT2D eigenvalue weighted by Crippen LogP contribution is -2.23. The minimum atomic E-state index is -4.69. The molecule has 0 saturated carbocycles. The van der Waals surface area contributed by atoms with E-state index in [1.54, 1.807) is 41.1 Å². The van der Waals surface area contributed by atoms with Gasteiger partial charge in [-0.25, -0.2) is 4.39 Å². The molecule has 0 aromatic heterocycles. The van der Waals surface area contributed by atoms with Crippen LogP contribution in [0, 0.1) is 29.0 Å². The maximum absolute atomic E-state index is 13.6. The van der Waals surface area contributed by atoms with Gasteiger partial charge in [0.2, 0.25) is 11.7 Å². The summed E-state index contributed by atoms with van der Waals surface area (Å²) in [5.41, 5.74) is 1.12. The van der Waals surface area contributed by atoms with Crippen molar-refractivity contribution in [3.63, 3.8) is 0 Å². The molecule has 166 valence electrons. The number of nitriles is 1. The minimum Gasteiger partial charge on any atom is -0.508 e. The van der Waals surface area contributed by atoms with E-state index in [1.165, 1.54) is 18.2 Å². The molecule has 0 radical (unpaired) electrons. The van der Waals surface area contributed by atoms with Crippen molar-refractivity contribution in [2.24, 2.45) is 17.0 Å². The van der Waals surface area contributed by atoms with E-state index in [4.69, 9.17) is 10.4 Å². The molecule has 1 N–H and O–H groups in total. The van der Waals surface area contributed by atoms with E-state index >= 15 is 0 Å². The predicted octanol–water partition coefficient (Wildman–Crippen LogP) is 6.86. The van der Waals surface area contributed by atoms with E-state index in [1.807, 2.05) is 0 Å². The summed E-state index contributed by atoms with van der Waals surface area (Å²) in [6, 6.07) is 10.6. The quantitative estimate of drug-likeness (QED) is 0.400. The largest absolute Gasteiger partial charge is 0.508 e. The van der Waals surface area contributed by atoms with Gasteiger partial charge >= 0.3 is 6.18 Å². The van der Waals surface area contributed by atoms with Gasteiger partial charge in [-0.2, -0.15) is 18.4 Å². The van der Waals surface area contributed by atoms with Crippen LogP contribution >= 0.6 is 0 Å². The van der Waals surface area contributed by atoms with Crippen LogP contribution in [0.4, 0.5) is 23.2 Å². The zero-order chi connectivity index (χ0) is 23.3. The molecule has 0 amide bonds. The summed E-state index contributed by atoms with van der Waals surface area (Å²) in [5, 5.41) is 23.8. The number of nitrogens with zero attached hydrogens (tertiary/aromatic N) is 3. The van der Waals surface area contributed by atoms with Crippen molar-refractivity contribution in [2.75, 3.05) is 0 Å². The molecule has 2 aliphatic carbocycles. The van der Waals surface area contributed by atoms with Crippen molar-refractivity contribution in [1.82, 2.24) is 0 Å². The Morgan fingerprint density at radius 1 is 1.06 bits per heavy atom. The Balaban J connectivity index is 1.70. The third-order valence-corrected chi connectivity index (χ3v) is 6.41. The fourth-order valence-corrected chi connectivity index (χ4v) is 4.92. The summed E-state index contributed by atoms with van der Waals surface area (Å²) in [5.74, 6) is -0.374. The Hall–Kier alpha value is -3.73. The van der Waals surface area contributed by atoms with E-state index in [-0.39, 0.29) is 23.3 Å². The van der Waals surface area contributed by atoms with Crippen LogP contribution in [0.5, 0.6) is 0 Å². The first-order chi connectivity index (χ1) is 15.8. The van der Waals surface area contributed by atoms with Gasteiger partial charge in [-0.1, -0.05) is 10.8 Å². The Kier molecular flexibility index (Phi) is 4.93. The number of hydrogen-bond acceptors (Lipinski definition) is 3. The van der Waals surface area contributed by atoms with Gasteiger partial charge in [0.15, 0.2) is 0 Å². The highest BCUT2D eigenvalue weighted by Gasteiger charge is 2.49. The second-order valence-electron chi connectivity index (χ2n) is 8.34. The number of halogens is 4. The molecule has 5 rings (SSSR count). The summed E-state index contributed by atoms with van der Waals surface area (Å²) in [7, 11) is 0. The number of rotatable bonds is 2. The van der Waals surface area contributed by atoms with Gasteiger partial charge in [-0.15, -0.1) is 0 Å². The molecule has 1 aliphatic heterocycles. The number of fused-ring (bicyclic) bond motifs is 2. The molecule has 4 nitrogen and oxygen atoms in total. The molecule has 33 heavy (non-hydrogen) atoms. The van der Waals surface area contributed by atoms with Crippen molar-refractivity contribution in [3.05, 3.63) is 100 Å². The molecule has 0 fully saturated rings. The topological polar surface area (TPSA) is 59.4 Å². The average molecular weight is 452 g/mol. The second kappa shape index (κ2) is 7.69. The van der Waals surface area contributed by atoms with Gasteiger partial charge in [0.25, 0.3) is 0 Å². The normalized spacial score (nSPS) is 24.0. The van der Waals surface area contributed by atoms with Crippen molar-refractivity contribution in [1.29, 1.82) is 5.26 Å². The van der Waals surface area contributed by atoms with Crippen molar-refractivity contribution < 1.29 is 27.4 Å². The van der Waals surface area contributed by atoms with Gasteiger partial charge in [0.1, 0.15) is 17.3 Å². The van der Waals surface area contributed by atoms with Crippen molar-refractivity contribution in [3.8, 4) is 6.07 Å². The molecule has 3 aliphatic rings. The van der Waals surface area contributed by atoms with Crippen LogP contribution in [-0.2, 0) is 6.18 Å². The number of allylic oxidation sites excluding steroid dienone is 4. The molecule has 1 unspecified atom stereocenters. The molecule has 3 atom stereocenters. The molecular weight excluding hydrogens is 434 g/mol. The lowest BCUT2D eigenvalue weighted by molar-refractivity contribution is -0.548. The average Bonchev–Trinajstić information content (AvgIpc) is 3.18. The van der Waals surface area contributed by atoms with Crippen LogP contribution in [0.2, 0.25) is 0 Å². The first-order valence-electron chi connectivity index (χ1n) is 10.5. The fraction of sp³-hybridized carbons (Fsp3) is 0.240. The first-order valence-corrected chi connectivity index (χ1v) is 10.5. The zero-order valence-corrected chi connectivity index (χ0v) is 17.2. The summed E-state index contributed by atoms with van der Waals surface area (Å²) in [4.78, 5) is 0. The second-order valence-corrected chi connectivity index (χ2v) is 8.34. The van der Waals surface area contributed by atoms with Crippen molar-refractivity contribution >= 4 is 5.69 Å². The Morgan fingerprint density at radius 2 is 1.82 bits per heavy atom. The monoisotopic (exact) mass is 452 g/mol. The van der Waals surface area contributed by atoms with Gasteiger partial charge in [-0.05, 0) is 66.0 Å². The highest BCUT2D eigenvalue weighted by molar-refractivity contribution is 5.48. The lowest BCUT2D eigenvalue weighted by atomic mass is 9.74. The van der Waals surface area contributed by atoms with E-state index in [2.05, 4.69) is 0 Å². The molecular formula is C25H18F4N3O+. The Labute approximate surface area is 187 Å². The number of aliphatic hydroxyl groups excluding tert-OH is 1. The third-order valence-electron chi connectivity index (χ3n) is 6.41. The number of benzene rings is 2. The summed E-state index contributed by atoms with van der Waals surface area (Å²) in [6.45, 7) is 0. The van der Waals surface area contributed by atoms with E-state index in [0.29, 0.717) is 6.42 Å². The summed E-state index contributed by atoms with van der Waals surface area (Å²) in [6.07, 6.45) is 1.89. The van der Waals surface area contributed by atoms with Crippen LogP contribution in [-0.4, -0.2) is 9.80 Å². The van der Waals surface area contributed by atoms with Crippen LogP contribution in [0.3, 0.4) is 0 Å². The maximum Gasteiger partial charge on any atom is 0.417 e. The van der Waals surface area contributed by atoms with Crippen molar-refractivity contribution in [2.45, 2.75) is 25.1 Å². The lowest BCUT2D eigenvalue weighted by Gasteiger charge is -2.27. The highest BCUT2D eigenvalue weighted by Crippen LogP contribution is 2.51. The number of azo groups is 2. The number of aliphatic hydroxyl groups is 1. The summed E-state index contributed by atoms with van der Waals surface area (Å²) >= 11 is 0. The van der Waals surface area contributed by atoms with E-state index in [9.17, 15) is 22.7 Å². The van der Waals surface area contributed by atoms with Crippen LogP contribution in [0.25, 0.3) is 0 Å². The minimum absolute atomic E-state index is 0.0227. The first kappa shape index (κ1) is 21.1. The Morgan fingerprint density at radius 3 is 2.52 bits per heavy atom. The standard InChI is InChI=1S/C25H17F4N3O/c26-17-5-1-14(2-6-17)24-21-9-4-15-11-19(33)8-10-20(15)23(21)31-32(24)18-7-3-16(13-30)22(12-18)25(27,28)29/h1-3,5-8,10-12,15,21,24H,4,9H2/p+1/t15?,21-,24-/m1/s1. The fourth-order valence-electron chi connectivity index (χ4n) is 4.92. The Bertz CT molecular complexity index is 1300. The molecule has 0 spiro atoms. The SMILES string of the molecule is N#Cc1ccc([N+]2=NC3=C4C=CC(O)=CC4CC[C@H]3[C@H]2c2ccc(F)cc2)cc1C(F)(F)F. The van der Waals surface area contributed by atoms with Gasteiger partial charge in [0.05, 0.1) is 23.1 Å². The van der Waals surface area contributed by atoms with Crippen LogP contribution < -0.4 is 0 Å². The van der Waals surface area contributed by atoms with Crippen LogP contribution in [0.1, 0.15) is 35.6 Å². The predicted molar refractivity (Wildman–Crippen MR) is 111 cm³/mol. The van der Waals surface area contributed by atoms with E-state index < -0.39 is 29.2 Å². The van der Waals surface area contributed by atoms with Gasteiger partial charge < -0.3 is 5.11 Å². The maximum atomic E-state index is 13.6. The molecule has 2 aromatic carbocycles. The van der Waals surface area contributed by atoms with Gasteiger partial charge in [-0.3, -0.25) is 0 Å². The van der Waals surface area contributed by atoms with Crippen LogP contribution in [0.15, 0.2) is 82.8 Å². The van der Waals surface area contributed by atoms with E-state index in [0.717, 1.165) is 35.4 Å². The highest BCUT2D eigenvalue weighted by atomic mass is 19.4. The van der Waals surface area contributed by atoms with Gasteiger partial charge in [0, 0.05) is 23.6 Å². The number of alkyl halides is 3. The molecule has 1 heterocycles.